The first kappa shape index (κ1) is 26.4. The summed E-state index contributed by atoms with van der Waals surface area (Å²) >= 11 is 0. The van der Waals surface area contributed by atoms with Crippen molar-refractivity contribution in [2.45, 2.75) is 77.1 Å². The molecule has 0 bridgehead atoms. The number of ether oxygens (including phenoxy) is 2. The van der Waals surface area contributed by atoms with Crippen LogP contribution >= 0.6 is 0 Å². The van der Waals surface area contributed by atoms with Gasteiger partial charge >= 0.3 is 35.7 Å². The van der Waals surface area contributed by atoms with Gasteiger partial charge in [-0.25, -0.2) is 4.79 Å². The van der Waals surface area contributed by atoms with Gasteiger partial charge in [-0.1, -0.05) is 24.5 Å². The van der Waals surface area contributed by atoms with Crippen molar-refractivity contribution in [3.05, 3.63) is 11.6 Å². The van der Waals surface area contributed by atoms with Crippen molar-refractivity contribution in [2.24, 2.45) is 11.8 Å². The quantitative estimate of drug-likeness (QED) is 0.364. The third kappa shape index (κ3) is 8.58. The zero-order chi connectivity index (χ0) is 20.7. The van der Waals surface area contributed by atoms with Crippen molar-refractivity contribution < 1.29 is 58.8 Å². The number of hydrogen-bond donors (Lipinski definition) is 1. The smallest absolute Gasteiger partial charge is 0.550 e. The number of rotatable bonds is 5. The van der Waals surface area contributed by atoms with Crippen molar-refractivity contribution in [2.75, 3.05) is 20.2 Å². The first-order valence-corrected chi connectivity index (χ1v) is 10.3. The molecule has 0 aromatic rings. The standard InChI is InChI=1S/C14H24O2.C7H11NO4.Na/c1-10(2)8-9-13-14(16-13)11-6-4-5-7-12(11)15-3;9-6(10)5-1-3-8(4-2-5)7(11)12;/h8,11-14H,4-7,9H2,1-3H3;5H,1-4H2,(H,9,10)(H,11,12);/q;;+1/p-1/t11?,12?,13-,14?;;/m1../s1. The van der Waals surface area contributed by atoms with Crippen LogP contribution in [0.1, 0.15) is 58.8 Å². The maximum absolute atomic E-state index is 10.4. The molecule has 2 aliphatic heterocycles. The molecule has 3 unspecified atom stereocenters. The molecule has 0 radical (unpaired) electrons. The molecule has 0 aromatic heterocycles. The van der Waals surface area contributed by atoms with Crippen LogP contribution in [0.4, 0.5) is 4.79 Å². The van der Waals surface area contributed by atoms with E-state index in [2.05, 4.69) is 19.9 Å². The van der Waals surface area contributed by atoms with E-state index < -0.39 is 18.0 Å². The summed E-state index contributed by atoms with van der Waals surface area (Å²) in [6.07, 6.45) is 9.68. The zero-order valence-electron chi connectivity index (χ0n) is 18.3. The summed E-state index contributed by atoms with van der Waals surface area (Å²) in [5, 5.41) is 18.9. The number of amides is 1. The average Bonchev–Trinajstić information content (AvgIpc) is 3.46. The Balaban J connectivity index is 0.000000292. The van der Waals surface area contributed by atoms with Crippen LogP contribution in [0.15, 0.2) is 11.6 Å². The van der Waals surface area contributed by atoms with Crippen LogP contribution < -0.4 is 34.7 Å². The number of likely N-dealkylation sites (tertiary alicyclic amines) is 1. The molecule has 2 heterocycles. The van der Waals surface area contributed by atoms with Crippen LogP contribution in [0.3, 0.4) is 0 Å². The molecule has 0 aromatic carbocycles. The molecule has 2 saturated heterocycles. The van der Waals surface area contributed by atoms with E-state index in [1.807, 2.05) is 7.11 Å². The number of carboxylic acid groups (broad SMARTS) is 2. The zero-order valence-corrected chi connectivity index (χ0v) is 20.3. The predicted octanol–water partition coefficient (Wildman–Crippen LogP) is -0.554. The third-order valence-corrected chi connectivity index (χ3v) is 5.96. The molecular weight excluding hydrogens is 385 g/mol. The second kappa shape index (κ2) is 13.0. The predicted molar refractivity (Wildman–Crippen MR) is 103 cm³/mol. The Bertz CT molecular complexity index is 535. The fourth-order valence-electron chi connectivity index (χ4n) is 4.18. The van der Waals surface area contributed by atoms with Crippen molar-refractivity contribution in [3.8, 4) is 0 Å². The van der Waals surface area contributed by atoms with Gasteiger partial charge in [-0.2, -0.15) is 0 Å². The van der Waals surface area contributed by atoms with E-state index in [0.29, 0.717) is 50.2 Å². The molecule has 1 saturated carbocycles. The molecule has 1 aliphatic carbocycles. The first-order chi connectivity index (χ1) is 13.3. The van der Waals surface area contributed by atoms with Crippen LogP contribution in [-0.2, 0) is 14.3 Å². The number of methoxy groups -OCH3 is 1. The normalized spacial score (nSPS) is 29.0. The van der Waals surface area contributed by atoms with E-state index in [0.717, 1.165) is 6.42 Å². The van der Waals surface area contributed by atoms with Gasteiger partial charge in [-0.3, -0.25) is 0 Å². The van der Waals surface area contributed by atoms with E-state index in [4.69, 9.17) is 14.6 Å². The van der Waals surface area contributed by atoms with Gasteiger partial charge in [-0.05, 0) is 46.0 Å². The molecule has 29 heavy (non-hydrogen) atoms. The second-order valence-corrected chi connectivity index (χ2v) is 8.24. The summed E-state index contributed by atoms with van der Waals surface area (Å²) in [5.74, 6) is -0.894. The van der Waals surface area contributed by atoms with Gasteiger partial charge in [0.25, 0.3) is 0 Å². The van der Waals surface area contributed by atoms with Crippen LogP contribution in [0.25, 0.3) is 0 Å². The monoisotopic (exact) mass is 419 g/mol. The second-order valence-electron chi connectivity index (χ2n) is 8.24. The third-order valence-electron chi connectivity index (χ3n) is 5.96. The Kier molecular flexibility index (Phi) is 11.8. The SMILES string of the molecule is COC1CCCCC1C1O[C@@H]1CC=C(C)C.O=C([O-])C1CCN(C(=O)O)CC1.[Na+]. The minimum absolute atomic E-state index is 0. The van der Waals surface area contributed by atoms with Crippen molar-refractivity contribution in [3.63, 3.8) is 0 Å². The van der Waals surface area contributed by atoms with Crippen LogP contribution in [0.2, 0.25) is 0 Å². The molecule has 1 N–H and O–H groups in total. The van der Waals surface area contributed by atoms with Gasteiger partial charge in [0.05, 0.1) is 18.3 Å². The van der Waals surface area contributed by atoms with Gasteiger partial charge in [0.1, 0.15) is 0 Å². The van der Waals surface area contributed by atoms with Crippen LogP contribution in [0.5, 0.6) is 0 Å². The summed E-state index contributed by atoms with van der Waals surface area (Å²) in [4.78, 5) is 22.0. The molecule has 1 amide bonds. The molecule has 0 spiro atoms. The number of carboxylic acids is 1. The topological polar surface area (TPSA) is 102 Å². The Morgan fingerprint density at radius 3 is 2.31 bits per heavy atom. The van der Waals surface area contributed by atoms with Gasteiger partial charge in [-0.15, -0.1) is 0 Å². The largest absolute Gasteiger partial charge is 1.00 e. The van der Waals surface area contributed by atoms with E-state index in [-0.39, 0.29) is 29.6 Å². The molecule has 3 fully saturated rings. The summed E-state index contributed by atoms with van der Waals surface area (Å²) in [6.45, 7) is 4.90. The fourth-order valence-corrected chi connectivity index (χ4v) is 4.18. The number of hydrogen-bond acceptors (Lipinski definition) is 5. The van der Waals surface area contributed by atoms with E-state index in [9.17, 15) is 14.7 Å². The molecule has 3 rings (SSSR count). The Morgan fingerprint density at radius 2 is 1.79 bits per heavy atom. The van der Waals surface area contributed by atoms with E-state index >= 15 is 0 Å². The minimum atomic E-state index is -1.07. The molecule has 3 aliphatic rings. The number of carbonyl (C=O) groups is 2. The van der Waals surface area contributed by atoms with Gasteiger partial charge < -0.3 is 29.4 Å². The molecular formula is C21H34NNaO6. The number of carbonyl (C=O) groups excluding carboxylic acids is 1. The maximum Gasteiger partial charge on any atom is 1.00 e. The minimum Gasteiger partial charge on any atom is -0.550 e. The van der Waals surface area contributed by atoms with Gasteiger partial charge in [0.15, 0.2) is 0 Å². The Labute approximate surface area is 196 Å². The fraction of sp³-hybridized carbons (Fsp3) is 0.810. The molecule has 4 atom stereocenters. The van der Waals surface area contributed by atoms with E-state index in [1.165, 1.54) is 36.2 Å². The number of epoxide rings is 1. The summed E-state index contributed by atoms with van der Waals surface area (Å²) in [7, 11) is 1.84. The van der Waals surface area contributed by atoms with Crippen LogP contribution in [0, 0.1) is 11.8 Å². The summed E-state index contributed by atoms with van der Waals surface area (Å²) < 4.78 is 11.4. The van der Waals surface area contributed by atoms with Crippen molar-refractivity contribution in [1.82, 2.24) is 4.90 Å². The van der Waals surface area contributed by atoms with Crippen LogP contribution in [-0.4, -0.2) is 60.6 Å². The number of piperidine rings is 1. The summed E-state index contributed by atoms with van der Waals surface area (Å²) in [5.41, 5.74) is 1.39. The number of nitrogens with zero attached hydrogens (tertiary/aromatic N) is 1. The Morgan fingerprint density at radius 1 is 1.17 bits per heavy atom. The van der Waals surface area contributed by atoms with Crippen molar-refractivity contribution >= 4 is 12.1 Å². The number of allylic oxidation sites excluding steroid dienone is 1. The molecule has 7 nitrogen and oxygen atoms in total. The van der Waals surface area contributed by atoms with E-state index in [1.54, 1.807) is 0 Å². The maximum atomic E-state index is 10.4. The van der Waals surface area contributed by atoms with Gasteiger partial charge in [0, 0.05) is 38.0 Å². The average molecular weight is 419 g/mol. The molecule has 160 valence electrons. The first-order valence-electron chi connectivity index (χ1n) is 10.3. The Hall–Kier alpha value is -0.600. The number of aliphatic carboxylic acids is 1. The summed E-state index contributed by atoms with van der Waals surface area (Å²) in [6, 6.07) is 0. The van der Waals surface area contributed by atoms with Crippen molar-refractivity contribution in [1.29, 1.82) is 0 Å². The van der Waals surface area contributed by atoms with Gasteiger partial charge in [0.2, 0.25) is 0 Å². The molecule has 8 heteroatoms.